The second-order valence-corrected chi connectivity index (χ2v) is 5.83. The van der Waals surface area contributed by atoms with Crippen LogP contribution in [0, 0.1) is 11.8 Å². The standard InChI is InChI=1S/C17H29NO2/c1-6-19-15-9-7-8-10-16(15)20-17(14(4)5)12-18-11-13(2)3/h7-10,13-14,17-18H,6,11-12H2,1-5H3. The van der Waals surface area contributed by atoms with E-state index in [0.29, 0.717) is 18.4 Å². The molecule has 0 aliphatic rings. The van der Waals surface area contributed by atoms with Crippen molar-refractivity contribution in [3.8, 4) is 11.5 Å². The zero-order chi connectivity index (χ0) is 15.0. The largest absolute Gasteiger partial charge is 0.490 e. The minimum Gasteiger partial charge on any atom is -0.490 e. The van der Waals surface area contributed by atoms with Gasteiger partial charge in [-0.1, -0.05) is 39.8 Å². The van der Waals surface area contributed by atoms with Crippen molar-refractivity contribution in [2.45, 2.75) is 40.7 Å². The summed E-state index contributed by atoms with van der Waals surface area (Å²) in [5.74, 6) is 2.76. The summed E-state index contributed by atoms with van der Waals surface area (Å²) < 4.78 is 11.8. The molecule has 0 aliphatic heterocycles. The van der Waals surface area contributed by atoms with Gasteiger partial charge in [-0.2, -0.15) is 0 Å². The Labute approximate surface area is 123 Å². The first-order chi connectivity index (χ1) is 9.54. The van der Waals surface area contributed by atoms with Gasteiger partial charge in [0.15, 0.2) is 11.5 Å². The molecular weight excluding hydrogens is 250 g/mol. The van der Waals surface area contributed by atoms with E-state index in [-0.39, 0.29) is 6.10 Å². The van der Waals surface area contributed by atoms with Crippen LogP contribution in [0.25, 0.3) is 0 Å². The second-order valence-electron chi connectivity index (χ2n) is 5.83. The van der Waals surface area contributed by atoms with Crippen LogP contribution in [-0.4, -0.2) is 25.8 Å². The van der Waals surface area contributed by atoms with Crippen molar-refractivity contribution >= 4 is 0 Å². The van der Waals surface area contributed by atoms with Crippen LogP contribution >= 0.6 is 0 Å². The number of nitrogens with one attached hydrogen (secondary N) is 1. The van der Waals surface area contributed by atoms with Crippen LogP contribution in [-0.2, 0) is 0 Å². The summed E-state index contributed by atoms with van der Waals surface area (Å²) in [5.41, 5.74) is 0. The average Bonchev–Trinajstić information content (AvgIpc) is 2.39. The third-order valence-corrected chi connectivity index (χ3v) is 3.07. The maximum atomic E-state index is 6.15. The molecule has 3 heteroatoms. The van der Waals surface area contributed by atoms with Crippen molar-refractivity contribution in [1.82, 2.24) is 5.32 Å². The SMILES string of the molecule is CCOc1ccccc1OC(CNCC(C)C)C(C)C. The lowest BCUT2D eigenvalue weighted by Crippen LogP contribution is -2.37. The lowest BCUT2D eigenvalue weighted by Gasteiger charge is -2.24. The molecule has 3 nitrogen and oxygen atoms in total. The van der Waals surface area contributed by atoms with Crippen LogP contribution in [0.3, 0.4) is 0 Å². The van der Waals surface area contributed by atoms with Crippen molar-refractivity contribution in [3.63, 3.8) is 0 Å². The third-order valence-electron chi connectivity index (χ3n) is 3.07. The molecule has 114 valence electrons. The summed E-state index contributed by atoms with van der Waals surface area (Å²) in [6.45, 7) is 13.3. The minimum atomic E-state index is 0.148. The molecule has 1 unspecified atom stereocenters. The summed E-state index contributed by atoms with van der Waals surface area (Å²) in [4.78, 5) is 0. The lowest BCUT2D eigenvalue weighted by atomic mass is 10.1. The van der Waals surface area contributed by atoms with E-state index in [1.807, 2.05) is 31.2 Å². The molecule has 1 atom stereocenters. The molecular formula is C17H29NO2. The van der Waals surface area contributed by atoms with Gasteiger partial charge >= 0.3 is 0 Å². The van der Waals surface area contributed by atoms with Gasteiger partial charge in [0.25, 0.3) is 0 Å². The number of rotatable bonds is 9. The summed E-state index contributed by atoms with van der Waals surface area (Å²) in [6.07, 6.45) is 0.148. The molecule has 0 spiro atoms. The minimum absolute atomic E-state index is 0.148. The van der Waals surface area contributed by atoms with E-state index in [1.165, 1.54) is 0 Å². The number of ether oxygens (including phenoxy) is 2. The number of hydrogen-bond acceptors (Lipinski definition) is 3. The summed E-state index contributed by atoms with van der Waals surface area (Å²) in [5, 5.41) is 3.47. The van der Waals surface area contributed by atoms with Crippen LogP contribution in [0.15, 0.2) is 24.3 Å². The van der Waals surface area contributed by atoms with E-state index in [1.54, 1.807) is 0 Å². The topological polar surface area (TPSA) is 30.5 Å². The highest BCUT2D eigenvalue weighted by atomic mass is 16.5. The lowest BCUT2D eigenvalue weighted by molar-refractivity contribution is 0.141. The molecule has 0 radical (unpaired) electrons. The number of hydrogen-bond donors (Lipinski definition) is 1. The van der Waals surface area contributed by atoms with Crippen molar-refractivity contribution < 1.29 is 9.47 Å². The van der Waals surface area contributed by atoms with Crippen molar-refractivity contribution in [2.24, 2.45) is 11.8 Å². The Morgan fingerprint density at radius 1 is 1.00 bits per heavy atom. The Morgan fingerprint density at radius 2 is 1.65 bits per heavy atom. The molecule has 1 aromatic carbocycles. The number of benzene rings is 1. The Morgan fingerprint density at radius 3 is 2.20 bits per heavy atom. The average molecular weight is 279 g/mol. The summed E-state index contributed by atoms with van der Waals surface area (Å²) >= 11 is 0. The molecule has 20 heavy (non-hydrogen) atoms. The van der Waals surface area contributed by atoms with Gasteiger partial charge in [0.05, 0.1) is 6.61 Å². The highest BCUT2D eigenvalue weighted by molar-refractivity contribution is 5.39. The molecule has 0 heterocycles. The zero-order valence-corrected chi connectivity index (χ0v) is 13.5. The molecule has 0 bridgehead atoms. The van der Waals surface area contributed by atoms with Gasteiger partial charge in [-0.25, -0.2) is 0 Å². The van der Waals surface area contributed by atoms with Gasteiger partial charge in [-0.05, 0) is 37.4 Å². The third kappa shape index (κ3) is 5.83. The van der Waals surface area contributed by atoms with Crippen LogP contribution in [0.4, 0.5) is 0 Å². The van der Waals surface area contributed by atoms with Crippen LogP contribution in [0.2, 0.25) is 0 Å². The van der Waals surface area contributed by atoms with Gasteiger partial charge in [0, 0.05) is 6.54 Å². The zero-order valence-electron chi connectivity index (χ0n) is 13.5. The number of para-hydroxylation sites is 2. The second kappa shape index (κ2) is 8.85. The fraction of sp³-hybridized carbons (Fsp3) is 0.647. The van der Waals surface area contributed by atoms with Crippen LogP contribution in [0.1, 0.15) is 34.6 Å². The molecule has 0 amide bonds. The first kappa shape index (κ1) is 16.8. The van der Waals surface area contributed by atoms with Gasteiger partial charge in [-0.3, -0.25) is 0 Å². The Bertz CT molecular complexity index is 377. The highest BCUT2D eigenvalue weighted by Crippen LogP contribution is 2.28. The van der Waals surface area contributed by atoms with Crippen LogP contribution in [0.5, 0.6) is 11.5 Å². The van der Waals surface area contributed by atoms with Crippen molar-refractivity contribution in [3.05, 3.63) is 24.3 Å². The Balaban J connectivity index is 2.65. The first-order valence-corrected chi connectivity index (χ1v) is 7.63. The molecule has 0 aromatic heterocycles. The molecule has 0 saturated heterocycles. The quantitative estimate of drug-likeness (QED) is 0.747. The van der Waals surface area contributed by atoms with E-state index >= 15 is 0 Å². The molecule has 0 fully saturated rings. The summed E-state index contributed by atoms with van der Waals surface area (Å²) in [6, 6.07) is 7.89. The predicted molar refractivity (Wildman–Crippen MR) is 84.6 cm³/mol. The Hall–Kier alpha value is -1.22. The van der Waals surface area contributed by atoms with E-state index in [9.17, 15) is 0 Å². The maximum absolute atomic E-state index is 6.15. The van der Waals surface area contributed by atoms with E-state index in [2.05, 4.69) is 33.0 Å². The van der Waals surface area contributed by atoms with Gasteiger partial charge < -0.3 is 14.8 Å². The predicted octanol–water partition coefficient (Wildman–Crippen LogP) is 3.73. The monoisotopic (exact) mass is 279 g/mol. The molecule has 0 saturated carbocycles. The van der Waals surface area contributed by atoms with E-state index in [4.69, 9.17) is 9.47 Å². The smallest absolute Gasteiger partial charge is 0.161 e. The fourth-order valence-corrected chi connectivity index (χ4v) is 1.91. The molecule has 1 rings (SSSR count). The maximum Gasteiger partial charge on any atom is 0.161 e. The van der Waals surface area contributed by atoms with Gasteiger partial charge in [0.2, 0.25) is 0 Å². The van der Waals surface area contributed by atoms with E-state index < -0.39 is 0 Å². The van der Waals surface area contributed by atoms with E-state index in [0.717, 1.165) is 24.6 Å². The first-order valence-electron chi connectivity index (χ1n) is 7.63. The normalized spacial score (nSPS) is 12.8. The molecule has 0 aliphatic carbocycles. The molecule has 1 aromatic rings. The fourth-order valence-electron chi connectivity index (χ4n) is 1.91. The van der Waals surface area contributed by atoms with Gasteiger partial charge in [-0.15, -0.1) is 0 Å². The van der Waals surface area contributed by atoms with Gasteiger partial charge in [0.1, 0.15) is 6.10 Å². The van der Waals surface area contributed by atoms with Crippen molar-refractivity contribution in [1.29, 1.82) is 0 Å². The molecule has 1 N–H and O–H groups in total. The summed E-state index contributed by atoms with van der Waals surface area (Å²) in [7, 11) is 0. The Kier molecular flexibility index (Phi) is 7.45. The van der Waals surface area contributed by atoms with Crippen LogP contribution < -0.4 is 14.8 Å². The highest BCUT2D eigenvalue weighted by Gasteiger charge is 2.17. The van der Waals surface area contributed by atoms with Crippen molar-refractivity contribution in [2.75, 3.05) is 19.7 Å².